The van der Waals surface area contributed by atoms with Crippen LogP contribution in [0.5, 0.6) is 0 Å². The van der Waals surface area contributed by atoms with Gasteiger partial charge < -0.3 is 10.2 Å². The SMILES string of the molecule is CCN(CC)c1ccc(-n2nc3cc(C)c(NC(=O)c4cc(C)cc(C)c4)cc3n2)cc1. The molecular weight excluding hydrogens is 398 g/mol. The van der Waals surface area contributed by atoms with E-state index in [1.807, 2.05) is 57.2 Å². The van der Waals surface area contributed by atoms with Gasteiger partial charge in [0.2, 0.25) is 0 Å². The number of hydrogen-bond donors (Lipinski definition) is 1. The van der Waals surface area contributed by atoms with Gasteiger partial charge in [-0.15, -0.1) is 10.2 Å². The molecule has 0 unspecified atom stereocenters. The summed E-state index contributed by atoms with van der Waals surface area (Å²) in [5.41, 5.74) is 8.08. The minimum absolute atomic E-state index is 0.126. The fourth-order valence-corrected chi connectivity index (χ4v) is 4.00. The minimum atomic E-state index is -0.126. The maximum Gasteiger partial charge on any atom is 0.255 e. The molecule has 4 rings (SSSR count). The number of rotatable bonds is 6. The Hall–Kier alpha value is -3.67. The highest BCUT2D eigenvalue weighted by Gasteiger charge is 2.13. The zero-order valence-corrected chi connectivity index (χ0v) is 19.3. The number of carbonyl (C=O) groups is 1. The first kappa shape index (κ1) is 21.6. The molecule has 6 nitrogen and oxygen atoms in total. The Balaban J connectivity index is 1.61. The predicted molar refractivity (Wildman–Crippen MR) is 131 cm³/mol. The fraction of sp³-hybridized carbons (Fsp3) is 0.269. The van der Waals surface area contributed by atoms with Crippen LogP contribution in [0.1, 0.15) is 40.9 Å². The van der Waals surface area contributed by atoms with Gasteiger partial charge in [-0.2, -0.15) is 4.80 Å². The number of nitrogens with one attached hydrogen (secondary N) is 1. The van der Waals surface area contributed by atoms with Crippen LogP contribution in [-0.2, 0) is 0 Å². The van der Waals surface area contributed by atoms with Crippen LogP contribution < -0.4 is 10.2 Å². The van der Waals surface area contributed by atoms with Gasteiger partial charge in [0, 0.05) is 30.0 Å². The van der Waals surface area contributed by atoms with E-state index in [9.17, 15) is 4.79 Å². The van der Waals surface area contributed by atoms with Crippen molar-refractivity contribution in [3.8, 4) is 5.69 Å². The van der Waals surface area contributed by atoms with Crippen molar-refractivity contribution < 1.29 is 4.79 Å². The van der Waals surface area contributed by atoms with Crippen LogP contribution in [0.3, 0.4) is 0 Å². The average molecular weight is 428 g/mol. The summed E-state index contributed by atoms with van der Waals surface area (Å²) in [6.45, 7) is 12.2. The molecule has 0 saturated heterocycles. The number of nitrogens with zero attached hydrogens (tertiary/aromatic N) is 4. The quantitative estimate of drug-likeness (QED) is 0.445. The van der Waals surface area contributed by atoms with Gasteiger partial charge in [0.25, 0.3) is 5.91 Å². The third kappa shape index (κ3) is 4.35. The molecule has 0 saturated carbocycles. The van der Waals surface area contributed by atoms with Crippen molar-refractivity contribution in [3.63, 3.8) is 0 Å². The van der Waals surface area contributed by atoms with E-state index in [1.54, 1.807) is 4.80 Å². The molecule has 1 heterocycles. The van der Waals surface area contributed by atoms with E-state index >= 15 is 0 Å². The first-order valence-corrected chi connectivity index (χ1v) is 11.0. The van der Waals surface area contributed by atoms with Crippen LogP contribution in [-0.4, -0.2) is 34.0 Å². The standard InChI is InChI=1S/C26H29N5O/c1-6-30(7-2)21-8-10-22(11-9-21)31-28-24-15-19(5)23(16-25(24)29-31)27-26(32)20-13-17(3)12-18(4)14-20/h8-16H,6-7H2,1-5H3,(H,27,32). The summed E-state index contributed by atoms with van der Waals surface area (Å²) in [6.07, 6.45) is 0. The molecule has 0 radical (unpaired) electrons. The normalized spacial score (nSPS) is 11.0. The van der Waals surface area contributed by atoms with Crippen molar-refractivity contribution in [2.24, 2.45) is 0 Å². The van der Waals surface area contributed by atoms with E-state index in [2.05, 4.69) is 52.5 Å². The van der Waals surface area contributed by atoms with E-state index < -0.39 is 0 Å². The zero-order valence-electron chi connectivity index (χ0n) is 19.3. The monoisotopic (exact) mass is 427 g/mol. The Kier molecular flexibility index (Phi) is 5.95. The molecule has 164 valence electrons. The van der Waals surface area contributed by atoms with Crippen LogP contribution in [0.4, 0.5) is 11.4 Å². The van der Waals surface area contributed by atoms with Crippen LogP contribution in [0.2, 0.25) is 0 Å². The molecule has 0 bridgehead atoms. The molecule has 1 amide bonds. The highest BCUT2D eigenvalue weighted by molar-refractivity contribution is 6.05. The topological polar surface area (TPSA) is 63.1 Å². The zero-order chi connectivity index (χ0) is 22.8. The molecule has 0 spiro atoms. The lowest BCUT2D eigenvalue weighted by atomic mass is 10.1. The number of hydrogen-bond acceptors (Lipinski definition) is 4. The second kappa shape index (κ2) is 8.83. The van der Waals surface area contributed by atoms with Crippen molar-refractivity contribution >= 4 is 28.3 Å². The van der Waals surface area contributed by atoms with Crippen molar-refractivity contribution in [1.29, 1.82) is 0 Å². The van der Waals surface area contributed by atoms with Gasteiger partial charge in [-0.25, -0.2) is 0 Å². The number of anilines is 2. The Morgan fingerprint density at radius 3 is 2.06 bits per heavy atom. The van der Waals surface area contributed by atoms with Gasteiger partial charge in [-0.1, -0.05) is 17.2 Å². The summed E-state index contributed by atoms with van der Waals surface area (Å²) >= 11 is 0. The molecule has 32 heavy (non-hydrogen) atoms. The van der Waals surface area contributed by atoms with E-state index in [1.165, 1.54) is 5.69 Å². The Morgan fingerprint density at radius 2 is 1.47 bits per heavy atom. The van der Waals surface area contributed by atoms with Crippen molar-refractivity contribution in [2.75, 3.05) is 23.3 Å². The number of benzene rings is 3. The van der Waals surface area contributed by atoms with Crippen LogP contribution >= 0.6 is 0 Å². The van der Waals surface area contributed by atoms with Crippen molar-refractivity contribution in [2.45, 2.75) is 34.6 Å². The summed E-state index contributed by atoms with van der Waals surface area (Å²) in [5, 5.41) is 12.3. The third-order valence-electron chi connectivity index (χ3n) is 5.67. The van der Waals surface area contributed by atoms with Gasteiger partial charge in [0.1, 0.15) is 11.0 Å². The molecule has 0 aliphatic heterocycles. The molecule has 1 aromatic heterocycles. The molecule has 0 atom stereocenters. The van der Waals surface area contributed by atoms with Crippen LogP contribution in [0.15, 0.2) is 54.6 Å². The molecule has 0 fully saturated rings. The van der Waals surface area contributed by atoms with Gasteiger partial charge >= 0.3 is 0 Å². The van der Waals surface area contributed by atoms with Crippen LogP contribution in [0.25, 0.3) is 16.7 Å². The largest absolute Gasteiger partial charge is 0.372 e. The first-order valence-electron chi connectivity index (χ1n) is 11.0. The molecule has 0 aliphatic carbocycles. The lowest BCUT2D eigenvalue weighted by molar-refractivity contribution is 0.102. The van der Waals surface area contributed by atoms with Crippen LogP contribution in [0, 0.1) is 20.8 Å². The second-order valence-corrected chi connectivity index (χ2v) is 8.16. The molecule has 6 heteroatoms. The highest BCUT2D eigenvalue weighted by atomic mass is 16.1. The fourth-order valence-electron chi connectivity index (χ4n) is 4.00. The van der Waals surface area contributed by atoms with E-state index in [0.29, 0.717) is 5.56 Å². The van der Waals surface area contributed by atoms with Gasteiger partial charge in [-0.05, 0) is 88.7 Å². The molecule has 0 aliphatic rings. The van der Waals surface area contributed by atoms with Gasteiger partial charge in [0.05, 0.1) is 5.69 Å². The molecule has 4 aromatic rings. The summed E-state index contributed by atoms with van der Waals surface area (Å²) in [6, 6.07) is 17.9. The molecule has 3 aromatic carbocycles. The Bertz CT molecular complexity index is 1250. The Morgan fingerprint density at radius 1 is 0.875 bits per heavy atom. The van der Waals surface area contributed by atoms with Crippen molar-refractivity contribution in [1.82, 2.24) is 15.0 Å². The third-order valence-corrected chi connectivity index (χ3v) is 5.67. The lowest BCUT2D eigenvalue weighted by Gasteiger charge is -2.20. The Labute approximate surface area is 188 Å². The number of amides is 1. The summed E-state index contributed by atoms with van der Waals surface area (Å²) in [5.74, 6) is -0.126. The number of aryl methyl sites for hydroxylation is 3. The second-order valence-electron chi connectivity index (χ2n) is 8.16. The highest BCUT2D eigenvalue weighted by Crippen LogP contribution is 2.24. The van der Waals surface area contributed by atoms with E-state index in [0.717, 1.165) is 52.2 Å². The summed E-state index contributed by atoms with van der Waals surface area (Å²) in [7, 11) is 0. The minimum Gasteiger partial charge on any atom is -0.372 e. The van der Waals surface area contributed by atoms with E-state index in [4.69, 9.17) is 0 Å². The van der Waals surface area contributed by atoms with Crippen molar-refractivity contribution in [3.05, 3.63) is 76.9 Å². The maximum atomic E-state index is 12.8. The number of carbonyl (C=O) groups excluding carboxylic acids is 1. The number of fused-ring (bicyclic) bond motifs is 1. The first-order chi connectivity index (χ1) is 15.4. The molecule has 1 N–H and O–H groups in total. The lowest BCUT2D eigenvalue weighted by Crippen LogP contribution is -2.21. The summed E-state index contributed by atoms with van der Waals surface area (Å²) in [4.78, 5) is 16.8. The smallest absolute Gasteiger partial charge is 0.255 e. The molecular formula is C26H29N5O. The number of aromatic nitrogens is 3. The predicted octanol–water partition coefficient (Wildman–Crippen LogP) is 5.44. The summed E-state index contributed by atoms with van der Waals surface area (Å²) < 4.78 is 0. The van der Waals surface area contributed by atoms with E-state index in [-0.39, 0.29) is 5.91 Å². The van der Waals surface area contributed by atoms with Gasteiger partial charge in [0.15, 0.2) is 0 Å². The van der Waals surface area contributed by atoms with Gasteiger partial charge in [-0.3, -0.25) is 4.79 Å². The maximum absolute atomic E-state index is 12.8. The average Bonchev–Trinajstić information content (AvgIpc) is 3.17.